The van der Waals surface area contributed by atoms with Gasteiger partial charge in [0.1, 0.15) is 16.5 Å². The number of carbonyl (C=O) groups is 1. The largest absolute Gasteiger partial charge is 0.329 e. The highest BCUT2D eigenvalue weighted by Crippen LogP contribution is 2.34. The number of hydrogen-bond donors (Lipinski definition) is 1. The molecule has 10 heteroatoms. The lowest BCUT2D eigenvalue weighted by molar-refractivity contribution is 0.102. The zero-order valence-corrected chi connectivity index (χ0v) is 22.4. The predicted molar refractivity (Wildman–Crippen MR) is 158 cm³/mol. The zero-order chi connectivity index (χ0) is 25.9. The van der Waals surface area contributed by atoms with Gasteiger partial charge in [0, 0.05) is 54.7 Å². The van der Waals surface area contributed by atoms with Crippen LogP contribution in [0.5, 0.6) is 0 Å². The smallest absolute Gasteiger partial charge is 0.274 e. The number of thiazole rings is 1. The number of benzene rings is 2. The Balaban J connectivity index is 0.00000308. The van der Waals surface area contributed by atoms with Gasteiger partial charge in [0.2, 0.25) is 0 Å². The molecule has 8 nitrogen and oxygen atoms in total. The van der Waals surface area contributed by atoms with Crippen LogP contribution in [0.3, 0.4) is 0 Å². The van der Waals surface area contributed by atoms with Crippen LogP contribution >= 0.6 is 23.7 Å². The molecule has 6 rings (SSSR count). The van der Waals surface area contributed by atoms with Gasteiger partial charge in [0.05, 0.1) is 15.9 Å². The summed E-state index contributed by atoms with van der Waals surface area (Å²) in [6, 6.07) is 24.6. The summed E-state index contributed by atoms with van der Waals surface area (Å²) in [6.07, 6.45) is 6.95. The van der Waals surface area contributed by atoms with Crippen LogP contribution in [-0.4, -0.2) is 37.9 Å². The maximum absolute atomic E-state index is 13.6. The molecule has 0 atom stereocenters. The minimum atomic E-state index is -0.343. The molecule has 192 valence electrons. The van der Waals surface area contributed by atoms with Crippen molar-refractivity contribution in [3.05, 3.63) is 109 Å². The fourth-order valence-electron chi connectivity index (χ4n) is 4.00. The fraction of sp³-hybridized carbons (Fsp3) is 0.0345. The molecular weight excluding hydrogens is 530 g/mol. The first-order chi connectivity index (χ1) is 18.7. The van der Waals surface area contributed by atoms with Crippen molar-refractivity contribution in [2.75, 3.05) is 17.3 Å². The SMILES string of the molecule is CN(c1ccncc1)c1cc(C(=O)Nc2ccccc2-c2nc3ccncc3s2)nc(-c2ccccc2)n1.Cl. The molecule has 0 saturated carbocycles. The molecule has 0 aliphatic carbocycles. The van der Waals surface area contributed by atoms with Crippen LogP contribution in [0.2, 0.25) is 0 Å². The number of anilines is 3. The second kappa shape index (κ2) is 11.3. The van der Waals surface area contributed by atoms with Gasteiger partial charge in [0.15, 0.2) is 5.82 Å². The van der Waals surface area contributed by atoms with Crippen LogP contribution in [0.25, 0.3) is 32.2 Å². The number of nitrogens with zero attached hydrogens (tertiary/aromatic N) is 6. The molecule has 0 spiro atoms. The summed E-state index contributed by atoms with van der Waals surface area (Å²) in [7, 11) is 1.89. The number of nitrogens with one attached hydrogen (secondary N) is 1. The Bertz CT molecular complexity index is 1710. The van der Waals surface area contributed by atoms with E-state index in [9.17, 15) is 4.79 Å². The molecule has 39 heavy (non-hydrogen) atoms. The van der Waals surface area contributed by atoms with Gasteiger partial charge in [-0.2, -0.15) is 0 Å². The quantitative estimate of drug-likeness (QED) is 0.247. The average Bonchev–Trinajstić information content (AvgIpc) is 3.42. The van der Waals surface area contributed by atoms with Crippen LogP contribution in [0.15, 0.2) is 104 Å². The Morgan fingerprint density at radius 2 is 1.59 bits per heavy atom. The zero-order valence-electron chi connectivity index (χ0n) is 20.7. The van der Waals surface area contributed by atoms with Gasteiger partial charge in [-0.05, 0) is 30.3 Å². The number of rotatable bonds is 6. The molecule has 4 heterocycles. The lowest BCUT2D eigenvalue weighted by Crippen LogP contribution is -2.18. The molecule has 0 aliphatic rings. The highest BCUT2D eigenvalue weighted by Gasteiger charge is 2.18. The number of hydrogen-bond acceptors (Lipinski definition) is 8. The van der Waals surface area contributed by atoms with Gasteiger partial charge in [-0.1, -0.05) is 42.5 Å². The molecule has 1 N–H and O–H groups in total. The van der Waals surface area contributed by atoms with Crippen LogP contribution in [0, 0.1) is 0 Å². The number of aromatic nitrogens is 5. The lowest BCUT2D eigenvalue weighted by atomic mass is 10.1. The molecule has 0 saturated heterocycles. The van der Waals surface area contributed by atoms with Crippen LogP contribution in [-0.2, 0) is 0 Å². The van der Waals surface area contributed by atoms with Crippen molar-refractivity contribution in [3.63, 3.8) is 0 Å². The number of amides is 1. The maximum Gasteiger partial charge on any atom is 0.274 e. The maximum atomic E-state index is 13.6. The van der Waals surface area contributed by atoms with Gasteiger partial charge in [-0.15, -0.1) is 23.7 Å². The first kappa shape index (κ1) is 25.9. The number of fused-ring (bicyclic) bond motifs is 1. The molecule has 0 aliphatic heterocycles. The predicted octanol–water partition coefficient (Wildman–Crippen LogP) is 6.65. The summed E-state index contributed by atoms with van der Waals surface area (Å²) < 4.78 is 0.982. The molecular formula is C29H22ClN7OS. The molecule has 0 fully saturated rings. The highest BCUT2D eigenvalue weighted by atomic mass is 35.5. The minimum Gasteiger partial charge on any atom is -0.329 e. The Kier molecular flexibility index (Phi) is 7.53. The molecule has 0 bridgehead atoms. The summed E-state index contributed by atoms with van der Waals surface area (Å²) in [5.41, 5.74) is 4.29. The topological polar surface area (TPSA) is 96.8 Å². The van der Waals surface area contributed by atoms with Gasteiger partial charge < -0.3 is 10.2 Å². The van der Waals surface area contributed by atoms with E-state index in [2.05, 4.69) is 20.3 Å². The highest BCUT2D eigenvalue weighted by molar-refractivity contribution is 7.21. The Labute approximate surface area is 234 Å². The Hall–Kier alpha value is -4.73. The summed E-state index contributed by atoms with van der Waals surface area (Å²) >= 11 is 1.53. The fourth-order valence-corrected chi connectivity index (χ4v) is 4.97. The van der Waals surface area contributed by atoms with E-state index in [1.54, 1.807) is 30.9 Å². The first-order valence-electron chi connectivity index (χ1n) is 11.9. The van der Waals surface area contributed by atoms with Crippen molar-refractivity contribution in [1.29, 1.82) is 0 Å². The van der Waals surface area contributed by atoms with E-state index in [4.69, 9.17) is 9.97 Å². The van der Waals surface area contributed by atoms with E-state index in [1.807, 2.05) is 84.7 Å². The number of carbonyl (C=O) groups excluding carboxylic acids is 1. The molecule has 1 amide bonds. The molecule has 0 unspecified atom stereocenters. The first-order valence-corrected chi connectivity index (χ1v) is 12.7. The second-order valence-electron chi connectivity index (χ2n) is 8.43. The molecule has 6 aromatic rings. The van der Waals surface area contributed by atoms with Gasteiger partial charge in [-0.3, -0.25) is 14.8 Å². The van der Waals surface area contributed by atoms with E-state index in [0.29, 0.717) is 17.3 Å². The summed E-state index contributed by atoms with van der Waals surface area (Å²) in [5.74, 6) is 0.701. The number of para-hydroxylation sites is 1. The molecule has 4 aromatic heterocycles. The van der Waals surface area contributed by atoms with Crippen molar-refractivity contribution in [2.24, 2.45) is 0 Å². The van der Waals surface area contributed by atoms with E-state index in [0.717, 1.165) is 32.0 Å². The van der Waals surface area contributed by atoms with Crippen molar-refractivity contribution in [1.82, 2.24) is 24.9 Å². The number of halogens is 1. The standard InChI is InChI=1S/C29H21N7OS.ClH/c1-36(20-11-14-30-15-12-20)26-17-24(32-27(35-26)19-7-3-2-4-8-19)28(37)33-22-10-6-5-9-21(22)29-34-23-13-16-31-18-25(23)38-29;/h2-18H,1H3,(H,33,37);1H. The monoisotopic (exact) mass is 551 g/mol. The normalized spacial score (nSPS) is 10.6. The van der Waals surface area contributed by atoms with Crippen LogP contribution in [0.1, 0.15) is 10.5 Å². The van der Waals surface area contributed by atoms with Crippen molar-refractivity contribution >= 4 is 57.1 Å². The van der Waals surface area contributed by atoms with Crippen LogP contribution in [0.4, 0.5) is 17.2 Å². The van der Waals surface area contributed by atoms with E-state index in [-0.39, 0.29) is 24.0 Å². The Morgan fingerprint density at radius 1 is 0.846 bits per heavy atom. The summed E-state index contributed by atoms with van der Waals surface area (Å²) in [6.45, 7) is 0. The van der Waals surface area contributed by atoms with Crippen molar-refractivity contribution in [2.45, 2.75) is 0 Å². The Morgan fingerprint density at radius 3 is 2.38 bits per heavy atom. The van der Waals surface area contributed by atoms with Crippen molar-refractivity contribution in [3.8, 4) is 22.0 Å². The van der Waals surface area contributed by atoms with E-state index < -0.39 is 0 Å². The van der Waals surface area contributed by atoms with E-state index in [1.165, 1.54) is 11.3 Å². The summed E-state index contributed by atoms with van der Waals surface area (Å²) in [5, 5.41) is 3.85. The van der Waals surface area contributed by atoms with Gasteiger partial charge >= 0.3 is 0 Å². The number of pyridine rings is 2. The summed E-state index contributed by atoms with van der Waals surface area (Å²) in [4.78, 5) is 37.9. The lowest BCUT2D eigenvalue weighted by Gasteiger charge is -2.19. The second-order valence-corrected chi connectivity index (χ2v) is 9.46. The third-order valence-corrected chi connectivity index (χ3v) is 7.01. The van der Waals surface area contributed by atoms with Gasteiger partial charge in [-0.25, -0.2) is 15.0 Å². The molecule has 2 aromatic carbocycles. The third kappa shape index (κ3) is 5.45. The van der Waals surface area contributed by atoms with Crippen molar-refractivity contribution < 1.29 is 4.79 Å². The van der Waals surface area contributed by atoms with Gasteiger partial charge in [0.25, 0.3) is 5.91 Å². The van der Waals surface area contributed by atoms with Crippen LogP contribution < -0.4 is 10.2 Å². The third-order valence-electron chi connectivity index (χ3n) is 5.97. The molecule has 0 radical (unpaired) electrons. The van der Waals surface area contributed by atoms with E-state index >= 15 is 0 Å². The minimum absolute atomic E-state index is 0. The average molecular weight is 552 g/mol.